The molecule has 1 saturated heterocycles. The highest BCUT2D eigenvalue weighted by Gasteiger charge is 2.23. The number of hydrogen-bond donors (Lipinski definition) is 1. The van der Waals surface area contributed by atoms with E-state index in [4.69, 9.17) is 4.74 Å². The molecule has 2 aliphatic rings. The van der Waals surface area contributed by atoms with Crippen LogP contribution in [0.4, 0.5) is 5.82 Å². The molecule has 0 bridgehead atoms. The predicted molar refractivity (Wildman–Crippen MR) is 103 cm³/mol. The van der Waals surface area contributed by atoms with E-state index in [0.717, 1.165) is 67.0 Å². The van der Waals surface area contributed by atoms with E-state index >= 15 is 0 Å². The molecule has 5 rings (SSSR count). The number of aryl methyl sites for hydroxylation is 3. The van der Waals surface area contributed by atoms with Crippen LogP contribution in [-0.2, 0) is 12.8 Å². The second kappa shape index (κ2) is 6.79. The first-order chi connectivity index (χ1) is 13.3. The maximum atomic E-state index is 5.96. The third-order valence-corrected chi connectivity index (χ3v) is 5.71. The molecule has 0 saturated carbocycles. The van der Waals surface area contributed by atoms with E-state index in [9.17, 15) is 0 Å². The quantitative estimate of drug-likeness (QED) is 0.767. The summed E-state index contributed by atoms with van der Waals surface area (Å²) < 4.78 is 5.96. The summed E-state index contributed by atoms with van der Waals surface area (Å²) in [6.07, 6.45) is 7.17. The molecule has 4 heterocycles. The van der Waals surface area contributed by atoms with E-state index in [-0.39, 0.29) is 0 Å². The van der Waals surface area contributed by atoms with Crippen LogP contribution in [0.3, 0.4) is 0 Å². The topological polar surface area (TPSA) is 79.8 Å². The number of fused-ring (bicyclic) bond motifs is 2. The predicted octanol–water partition coefficient (Wildman–Crippen LogP) is 2.84. The van der Waals surface area contributed by atoms with Gasteiger partial charge < -0.3 is 14.6 Å². The Kier molecular flexibility index (Phi) is 4.14. The van der Waals surface area contributed by atoms with Crippen LogP contribution in [0.2, 0.25) is 0 Å². The highest BCUT2D eigenvalue weighted by atomic mass is 16.5. The molecule has 1 aliphatic carbocycles. The molecule has 7 heteroatoms. The minimum absolute atomic E-state index is 0.541. The summed E-state index contributed by atoms with van der Waals surface area (Å²) >= 11 is 0. The van der Waals surface area contributed by atoms with Gasteiger partial charge in [0.15, 0.2) is 5.82 Å². The molecule has 0 spiro atoms. The van der Waals surface area contributed by atoms with E-state index in [1.807, 2.05) is 0 Å². The molecule has 0 unspecified atom stereocenters. The zero-order valence-electron chi connectivity index (χ0n) is 15.6. The molecule has 7 nitrogen and oxygen atoms in total. The van der Waals surface area contributed by atoms with Gasteiger partial charge in [-0.1, -0.05) is 0 Å². The lowest BCUT2D eigenvalue weighted by atomic mass is 9.98. The van der Waals surface area contributed by atoms with E-state index < -0.39 is 0 Å². The molecule has 0 atom stereocenters. The number of H-pyrrole nitrogens is 1. The first kappa shape index (κ1) is 16.5. The third kappa shape index (κ3) is 3.22. The largest absolute Gasteiger partial charge is 0.476 e. The molecule has 3 aromatic rings. The van der Waals surface area contributed by atoms with Crippen molar-refractivity contribution in [1.82, 2.24) is 25.1 Å². The number of hydrogen-bond acceptors (Lipinski definition) is 6. The average molecular weight is 364 g/mol. The summed E-state index contributed by atoms with van der Waals surface area (Å²) in [5.41, 5.74) is 5.59. The molecule has 1 fully saturated rings. The molecular formula is C20H24N6O. The van der Waals surface area contributed by atoms with E-state index in [2.05, 4.69) is 49.1 Å². The first-order valence-corrected chi connectivity index (χ1v) is 9.80. The van der Waals surface area contributed by atoms with Gasteiger partial charge in [-0.05, 0) is 56.6 Å². The molecule has 3 aromatic heterocycles. The zero-order valence-corrected chi connectivity index (χ0v) is 15.6. The summed E-state index contributed by atoms with van der Waals surface area (Å²) in [6, 6.07) is 4.15. The van der Waals surface area contributed by atoms with Gasteiger partial charge >= 0.3 is 0 Å². The average Bonchev–Trinajstić information content (AvgIpc) is 3.31. The minimum Gasteiger partial charge on any atom is -0.476 e. The smallest absolute Gasteiger partial charge is 0.233 e. The Labute approximate surface area is 158 Å². The van der Waals surface area contributed by atoms with E-state index in [1.165, 1.54) is 12.0 Å². The number of rotatable bonds is 4. The molecule has 0 aromatic carbocycles. The van der Waals surface area contributed by atoms with Gasteiger partial charge in [-0.15, -0.1) is 5.10 Å². The Hall–Kier alpha value is -2.70. The van der Waals surface area contributed by atoms with Gasteiger partial charge in [0, 0.05) is 24.8 Å². The summed E-state index contributed by atoms with van der Waals surface area (Å²) in [4.78, 5) is 14.6. The van der Waals surface area contributed by atoms with Crippen LogP contribution >= 0.6 is 0 Å². The SMILES string of the molecule is Cc1cc2ncnc(N3CCC(COc4cc5c(nn4)CCC5)CC3)c2[nH]1. The zero-order chi connectivity index (χ0) is 18.2. The van der Waals surface area contributed by atoms with Crippen molar-refractivity contribution in [3.63, 3.8) is 0 Å². The van der Waals surface area contributed by atoms with Crippen LogP contribution < -0.4 is 9.64 Å². The fourth-order valence-corrected chi connectivity index (χ4v) is 4.19. The van der Waals surface area contributed by atoms with Crippen LogP contribution in [0.25, 0.3) is 11.0 Å². The van der Waals surface area contributed by atoms with Gasteiger partial charge in [-0.25, -0.2) is 9.97 Å². The number of aromatic nitrogens is 5. The molecule has 1 N–H and O–H groups in total. The highest BCUT2D eigenvalue weighted by molar-refractivity contribution is 5.86. The Morgan fingerprint density at radius 3 is 2.93 bits per heavy atom. The third-order valence-electron chi connectivity index (χ3n) is 5.71. The van der Waals surface area contributed by atoms with Gasteiger partial charge in [0.25, 0.3) is 0 Å². The van der Waals surface area contributed by atoms with Gasteiger partial charge in [-0.3, -0.25) is 0 Å². The first-order valence-electron chi connectivity index (χ1n) is 9.80. The second-order valence-corrected chi connectivity index (χ2v) is 7.66. The van der Waals surface area contributed by atoms with Gasteiger partial charge in [0.05, 0.1) is 17.8 Å². The van der Waals surface area contributed by atoms with Crippen LogP contribution in [0.15, 0.2) is 18.5 Å². The fourth-order valence-electron chi connectivity index (χ4n) is 4.19. The lowest BCUT2D eigenvalue weighted by molar-refractivity contribution is 0.214. The number of piperidine rings is 1. The maximum absolute atomic E-state index is 5.96. The Bertz CT molecular complexity index is 960. The number of anilines is 1. The Balaban J connectivity index is 1.20. The molecule has 1 aliphatic heterocycles. The lowest BCUT2D eigenvalue weighted by Gasteiger charge is -2.32. The molecule has 27 heavy (non-hydrogen) atoms. The van der Waals surface area contributed by atoms with Crippen LogP contribution in [-0.4, -0.2) is 44.8 Å². The second-order valence-electron chi connectivity index (χ2n) is 7.66. The van der Waals surface area contributed by atoms with Crippen molar-refractivity contribution in [2.24, 2.45) is 5.92 Å². The van der Waals surface area contributed by atoms with Crippen molar-refractivity contribution in [2.45, 2.75) is 39.0 Å². The normalized spacial score (nSPS) is 17.4. The van der Waals surface area contributed by atoms with Gasteiger partial charge in [-0.2, -0.15) is 5.10 Å². The van der Waals surface area contributed by atoms with Crippen LogP contribution in [0, 0.1) is 12.8 Å². The molecule has 140 valence electrons. The van der Waals surface area contributed by atoms with Gasteiger partial charge in [0.2, 0.25) is 5.88 Å². The molecule has 0 amide bonds. The summed E-state index contributed by atoms with van der Waals surface area (Å²) in [5, 5.41) is 8.53. The van der Waals surface area contributed by atoms with Crippen molar-refractivity contribution in [3.8, 4) is 5.88 Å². The molecule has 0 radical (unpaired) electrons. The highest BCUT2D eigenvalue weighted by Crippen LogP contribution is 2.28. The van der Waals surface area contributed by atoms with Crippen molar-refractivity contribution in [1.29, 1.82) is 0 Å². The number of aromatic amines is 1. The Morgan fingerprint density at radius 2 is 2.04 bits per heavy atom. The standard InChI is InChI=1S/C20H24N6O/c1-13-9-17-19(23-13)20(22-12-21-17)26-7-5-14(6-8-26)11-27-18-10-15-3-2-4-16(15)24-25-18/h9-10,12,14,23H,2-8,11H2,1H3. The number of nitrogens with zero attached hydrogens (tertiary/aromatic N) is 5. The fraction of sp³-hybridized carbons (Fsp3) is 0.500. The van der Waals surface area contributed by atoms with E-state index in [1.54, 1.807) is 6.33 Å². The monoisotopic (exact) mass is 364 g/mol. The summed E-state index contributed by atoms with van der Waals surface area (Å²) in [5.74, 6) is 2.23. The van der Waals surface area contributed by atoms with Crippen LogP contribution in [0.5, 0.6) is 5.88 Å². The van der Waals surface area contributed by atoms with Gasteiger partial charge in [0.1, 0.15) is 11.8 Å². The maximum Gasteiger partial charge on any atom is 0.233 e. The molecular weight excluding hydrogens is 340 g/mol. The van der Waals surface area contributed by atoms with Crippen molar-refractivity contribution in [3.05, 3.63) is 35.4 Å². The van der Waals surface area contributed by atoms with E-state index in [0.29, 0.717) is 18.4 Å². The van der Waals surface area contributed by atoms with Crippen molar-refractivity contribution >= 4 is 16.9 Å². The van der Waals surface area contributed by atoms with Crippen molar-refractivity contribution in [2.75, 3.05) is 24.6 Å². The summed E-state index contributed by atoms with van der Waals surface area (Å²) in [7, 11) is 0. The lowest BCUT2D eigenvalue weighted by Crippen LogP contribution is -2.36. The minimum atomic E-state index is 0.541. The van der Waals surface area contributed by atoms with Crippen LogP contribution in [0.1, 0.15) is 36.2 Å². The van der Waals surface area contributed by atoms with Crippen molar-refractivity contribution < 1.29 is 4.74 Å². The summed E-state index contributed by atoms with van der Waals surface area (Å²) in [6.45, 7) is 4.72. The number of ether oxygens (including phenoxy) is 1. The Morgan fingerprint density at radius 1 is 1.15 bits per heavy atom. The number of nitrogens with one attached hydrogen (secondary N) is 1.